The first-order chi connectivity index (χ1) is 10.2. The average Bonchev–Trinajstić information content (AvgIpc) is 2.52. The fourth-order valence-electron chi connectivity index (χ4n) is 1.81. The lowest BCUT2D eigenvalue weighted by Crippen LogP contribution is -2.19. The van der Waals surface area contributed by atoms with E-state index in [4.69, 9.17) is 15.2 Å². The fourth-order valence-corrected chi connectivity index (χ4v) is 1.81. The molecule has 0 atom stereocenters. The van der Waals surface area contributed by atoms with Gasteiger partial charge in [0, 0.05) is 12.2 Å². The third-order valence-electron chi connectivity index (χ3n) is 2.87. The Morgan fingerprint density at radius 3 is 2.57 bits per heavy atom. The number of methoxy groups -OCH3 is 1. The third-order valence-corrected chi connectivity index (χ3v) is 2.87. The van der Waals surface area contributed by atoms with Gasteiger partial charge in [-0.1, -0.05) is 12.1 Å². The van der Waals surface area contributed by atoms with Gasteiger partial charge in [0.15, 0.2) is 6.61 Å². The number of ether oxygens (including phenoxy) is 2. The summed E-state index contributed by atoms with van der Waals surface area (Å²) in [6, 6.07) is 15.2. The maximum Gasteiger partial charge on any atom is 0.255 e. The molecular weight excluding hydrogens is 268 g/mol. The smallest absolute Gasteiger partial charge is 0.255 e. The zero-order valence-electron chi connectivity index (χ0n) is 11.8. The van der Waals surface area contributed by atoms with Crippen LogP contribution >= 0.6 is 0 Å². The van der Waals surface area contributed by atoms with Crippen LogP contribution in [0.3, 0.4) is 0 Å². The fraction of sp³-hybridized carbons (Fsp3) is 0.188. The lowest BCUT2D eigenvalue weighted by molar-refractivity contribution is -0.119. The Morgan fingerprint density at radius 1 is 1.14 bits per heavy atom. The lowest BCUT2D eigenvalue weighted by Gasteiger charge is -2.09. The maximum atomic E-state index is 10.6. The van der Waals surface area contributed by atoms with Crippen LogP contribution in [-0.4, -0.2) is 19.6 Å². The third kappa shape index (κ3) is 4.72. The number of rotatable bonds is 7. The summed E-state index contributed by atoms with van der Waals surface area (Å²) in [5.41, 5.74) is 7.11. The summed E-state index contributed by atoms with van der Waals surface area (Å²) in [6.45, 7) is 0.579. The van der Waals surface area contributed by atoms with E-state index in [1.807, 2.05) is 36.4 Å². The van der Waals surface area contributed by atoms with Crippen molar-refractivity contribution in [3.8, 4) is 11.5 Å². The van der Waals surface area contributed by atoms with Gasteiger partial charge in [0.2, 0.25) is 0 Å². The first kappa shape index (κ1) is 14.7. The van der Waals surface area contributed by atoms with Crippen LogP contribution in [0, 0.1) is 0 Å². The molecular formula is C16H18N2O3. The molecule has 0 saturated carbocycles. The number of carbonyl (C=O) groups excluding carboxylic acids is 1. The molecule has 0 heterocycles. The van der Waals surface area contributed by atoms with Crippen molar-refractivity contribution in [3.05, 3.63) is 54.1 Å². The van der Waals surface area contributed by atoms with Crippen molar-refractivity contribution in [3.63, 3.8) is 0 Å². The molecule has 0 radical (unpaired) electrons. The average molecular weight is 286 g/mol. The molecule has 3 N–H and O–H groups in total. The summed E-state index contributed by atoms with van der Waals surface area (Å²) in [7, 11) is 1.65. The zero-order chi connectivity index (χ0) is 15.1. The molecule has 0 saturated heterocycles. The summed E-state index contributed by atoms with van der Waals surface area (Å²) >= 11 is 0. The van der Waals surface area contributed by atoms with Crippen LogP contribution in [0.15, 0.2) is 48.5 Å². The second kappa shape index (κ2) is 7.19. The molecule has 1 amide bonds. The van der Waals surface area contributed by atoms with Crippen LogP contribution in [0.2, 0.25) is 0 Å². The molecule has 21 heavy (non-hydrogen) atoms. The van der Waals surface area contributed by atoms with Crippen molar-refractivity contribution < 1.29 is 14.3 Å². The highest BCUT2D eigenvalue weighted by Gasteiger charge is 1.99. The Bertz CT molecular complexity index is 597. The Hall–Kier alpha value is -2.69. The van der Waals surface area contributed by atoms with E-state index in [1.54, 1.807) is 19.2 Å². The molecule has 0 aromatic heterocycles. The number of hydrogen-bond donors (Lipinski definition) is 2. The Kier molecular flexibility index (Phi) is 5.04. The molecule has 2 aromatic carbocycles. The molecule has 5 heteroatoms. The second-order valence-electron chi connectivity index (χ2n) is 4.48. The number of nitrogens with two attached hydrogens (primary N) is 1. The first-order valence-electron chi connectivity index (χ1n) is 6.55. The number of anilines is 1. The van der Waals surface area contributed by atoms with E-state index in [0.717, 1.165) is 17.0 Å². The molecule has 110 valence electrons. The number of amides is 1. The van der Waals surface area contributed by atoms with Gasteiger partial charge in [-0.05, 0) is 42.0 Å². The van der Waals surface area contributed by atoms with Crippen molar-refractivity contribution in [1.82, 2.24) is 0 Å². The summed E-state index contributed by atoms with van der Waals surface area (Å²) in [5.74, 6) is 0.959. The van der Waals surface area contributed by atoms with Gasteiger partial charge in [0.1, 0.15) is 11.5 Å². The molecule has 0 fully saturated rings. The Balaban J connectivity index is 1.89. The van der Waals surface area contributed by atoms with Crippen molar-refractivity contribution in [2.45, 2.75) is 6.54 Å². The number of primary amides is 1. The van der Waals surface area contributed by atoms with Gasteiger partial charge in [0.05, 0.1) is 7.11 Å². The van der Waals surface area contributed by atoms with Crippen LogP contribution in [0.25, 0.3) is 0 Å². The predicted molar refractivity (Wildman–Crippen MR) is 81.5 cm³/mol. The molecule has 2 aromatic rings. The van der Waals surface area contributed by atoms with E-state index in [2.05, 4.69) is 5.32 Å². The van der Waals surface area contributed by atoms with Crippen LogP contribution in [0.5, 0.6) is 11.5 Å². The minimum absolute atomic E-state index is 0.114. The molecule has 0 aliphatic carbocycles. The molecule has 0 unspecified atom stereocenters. The predicted octanol–water partition coefficient (Wildman–Crippen LogP) is 2.17. The zero-order valence-corrected chi connectivity index (χ0v) is 11.8. The minimum Gasteiger partial charge on any atom is -0.497 e. The second-order valence-corrected chi connectivity index (χ2v) is 4.48. The number of carbonyl (C=O) groups is 1. The maximum absolute atomic E-state index is 10.6. The summed E-state index contributed by atoms with van der Waals surface area (Å²) in [6.07, 6.45) is 0. The highest BCUT2D eigenvalue weighted by molar-refractivity contribution is 5.75. The van der Waals surface area contributed by atoms with Crippen molar-refractivity contribution in [2.24, 2.45) is 5.73 Å². The van der Waals surface area contributed by atoms with Crippen molar-refractivity contribution >= 4 is 11.6 Å². The molecule has 0 aliphatic heterocycles. The van der Waals surface area contributed by atoms with E-state index < -0.39 is 5.91 Å². The van der Waals surface area contributed by atoms with Crippen LogP contribution in [-0.2, 0) is 11.3 Å². The SMILES string of the molecule is COc1cccc(CNc2ccc(OCC(N)=O)cc2)c1. The van der Waals surface area contributed by atoms with Gasteiger partial charge in [-0.2, -0.15) is 0 Å². The van der Waals surface area contributed by atoms with Crippen LogP contribution in [0.4, 0.5) is 5.69 Å². The lowest BCUT2D eigenvalue weighted by atomic mass is 10.2. The molecule has 0 bridgehead atoms. The van der Waals surface area contributed by atoms with Crippen LogP contribution < -0.4 is 20.5 Å². The van der Waals surface area contributed by atoms with E-state index in [9.17, 15) is 4.79 Å². The largest absolute Gasteiger partial charge is 0.497 e. The van der Waals surface area contributed by atoms with Gasteiger partial charge in [-0.3, -0.25) is 4.79 Å². The van der Waals surface area contributed by atoms with Gasteiger partial charge in [0.25, 0.3) is 5.91 Å². The molecule has 2 rings (SSSR count). The Labute approximate surface area is 123 Å². The highest BCUT2D eigenvalue weighted by Crippen LogP contribution is 2.17. The van der Waals surface area contributed by atoms with E-state index in [1.165, 1.54) is 0 Å². The molecule has 0 spiro atoms. The van der Waals surface area contributed by atoms with E-state index in [0.29, 0.717) is 12.3 Å². The van der Waals surface area contributed by atoms with Gasteiger partial charge >= 0.3 is 0 Å². The number of benzene rings is 2. The monoisotopic (exact) mass is 286 g/mol. The molecule has 5 nitrogen and oxygen atoms in total. The normalized spacial score (nSPS) is 9.95. The number of nitrogens with one attached hydrogen (secondary N) is 1. The van der Waals surface area contributed by atoms with Gasteiger partial charge in [-0.25, -0.2) is 0 Å². The quantitative estimate of drug-likeness (QED) is 0.818. The summed E-state index contributed by atoms with van der Waals surface area (Å²) in [4.78, 5) is 10.6. The van der Waals surface area contributed by atoms with E-state index in [-0.39, 0.29) is 6.61 Å². The van der Waals surface area contributed by atoms with Gasteiger partial charge in [-0.15, -0.1) is 0 Å². The standard InChI is InChI=1S/C16H18N2O3/c1-20-15-4-2-3-12(9-15)10-18-13-5-7-14(8-6-13)21-11-16(17)19/h2-9,18H,10-11H2,1H3,(H2,17,19). The van der Waals surface area contributed by atoms with Crippen molar-refractivity contribution in [2.75, 3.05) is 19.0 Å². The van der Waals surface area contributed by atoms with Crippen LogP contribution in [0.1, 0.15) is 5.56 Å². The van der Waals surface area contributed by atoms with Crippen molar-refractivity contribution in [1.29, 1.82) is 0 Å². The first-order valence-corrected chi connectivity index (χ1v) is 6.55. The number of hydrogen-bond acceptors (Lipinski definition) is 4. The highest BCUT2D eigenvalue weighted by atomic mass is 16.5. The molecule has 0 aliphatic rings. The topological polar surface area (TPSA) is 73.6 Å². The summed E-state index contributed by atoms with van der Waals surface area (Å²) < 4.78 is 10.4. The Morgan fingerprint density at radius 2 is 1.90 bits per heavy atom. The van der Waals surface area contributed by atoms with E-state index >= 15 is 0 Å². The minimum atomic E-state index is -0.491. The summed E-state index contributed by atoms with van der Waals surface area (Å²) in [5, 5.41) is 3.30. The van der Waals surface area contributed by atoms with Gasteiger partial charge < -0.3 is 20.5 Å².